The van der Waals surface area contributed by atoms with Gasteiger partial charge in [0.2, 0.25) is 0 Å². The van der Waals surface area contributed by atoms with Crippen molar-refractivity contribution in [3.8, 4) is 11.5 Å². The number of halogens is 2. The summed E-state index contributed by atoms with van der Waals surface area (Å²) in [6, 6.07) is 14.9. The van der Waals surface area contributed by atoms with E-state index in [-0.39, 0.29) is 32.5 Å². The van der Waals surface area contributed by atoms with Gasteiger partial charge in [-0.25, -0.2) is 4.99 Å². The topological polar surface area (TPSA) is 137 Å². The van der Waals surface area contributed by atoms with Crippen LogP contribution in [0.2, 0.25) is 0 Å². The summed E-state index contributed by atoms with van der Waals surface area (Å²) < 4.78 is 37.3. The number of non-ortho nitro benzene ring substituents is 1. The second-order valence-electron chi connectivity index (χ2n) is 7.26. The van der Waals surface area contributed by atoms with Gasteiger partial charge in [-0.2, -0.15) is 8.42 Å². The molecule has 0 unspecified atom stereocenters. The maximum atomic E-state index is 12.8. The van der Waals surface area contributed by atoms with E-state index in [1.165, 1.54) is 24.9 Å². The second-order valence-corrected chi connectivity index (χ2v) is 11.8. The maximum absolute atomic E-state index is 12.8. The molecule has 1 heterocycles. The van der Waals surface area contributed by atoms with E-state index in [1.807, 2.05) is 24.3 Å². The van der Waals surface area contributed by atoms with E-state index in [0.717, 1.165) is 33.5 Å². The van der Waals surface area contributed by atoms with Crippen molar-refractivity contribution in [1.29, 1.82) is 0 Å². The Hall–Kier alpha value is -2.95. The summed E-state index contributed by atoms with van der Waals surface area (Å²) in [6.07, 6.45) is 1.61. The molecule has 1 amide bonds. The van der Waals surface area contributed by atoms with Gasteiger partial charge in [0.25, 0.3) is 11.6 Å². The monoisotopic (exact) mass is 715 g/mol. The van der Waals surface area contributed by atoms with Crippen molar-refractivity contribution in [3.05, 3.63) is 89.3 Å². The standard InChI is InChI=1S/C23H15BrIN3O7S2/c1-34-19-11-13(12-20-22(29)27-23(36-20)26-18-5-3-2-4-17(18)25)10-16(24)21(19)35-37(32,33)15-8-6-14(7-9-15)28(30)31/h2-12H,1H3,(H,26,27,29)/b20-12+. The minimum Gasteiger partial charge on any atom is -0.493 e. The summed E-state index contributed by atoms with van der Waals surface area (Å²) in [5.41, 5.74) is 1.01. The summed E-state index contributed by atoms with van der Waals surface area (Å²) in [6.45, 7) is 0. The van der Waals surface area contributed by atoms with Crippen LogP contribution in [0.4, 0.5) is 11.4 Å². The summed E-state index contributed by atoms with van der Waals surface area (Å²) >= 11 is 6.63. The molecule has 190 valence electrons. The van der Waals surface area contributed by atoms with Crippen LogP contribution < -0.4 is 14.2 Å². The third-order valence-corrected chi connectivity index (χ3v) is 8.45. The Kier molecular flexibility index (Phi) is 8.20. The van der Waals surface area contributed by atoms with Gasteiger partial charge in [-0.15, -0.1) is 0 Å². The van der Waals surface area contributed by atoms with Gasteiger partial charge in [-0.3, -0.25) is 14.9 Å². The van der Waals surface area contributed by atoms with E-state index >= 15 is 0 Å². The Morgan fingerprint density at radius 3 is 2.51 bits per heavy atom. The third-order valence-electron chi connectivity index (χ3n) is 4.80. The fraction of sp³-hybridized carbons (Fsp3) is 0.0435. The highest BCUT2D eigenvalue weighted by molar-refractivity contribution is 14.1. The predicted molar refractivity (Wildman–Crippen MR) is 152 cm³/mol. The van der Waals surface area contributed by atoms with Crippen LogP contribution in [-0.4, -0.2) is 31.5 Å². The lowest BCUT2D eigenvalue weighted by Gasteiger charge is -2.13. The van der Waals surface area contributed by atoms with Crippen molar-refractivity contribution >= 4 is 88.9 Å². The molecule has 1 fully saturated rings. The first-order valence-electron chi connectivity index (χ1n) is 10.2. The minimum absolute atomic E-state index is 0.0860. The van der Waals surface area contributed by atoms with Crippen LogP contribution in [0.5, 0.6) is 11.5 Å². The Bertz CT molecular complexity index is 1580. The largest absolute Gasteiger partial charge is 0.493 e. The molecule has 14 heteroatoms. The van der Waals surface area contributed by atoms with E-state index < -0.39 is 15.0 Å². The first kappa shape index (κ1) is 27.1. The van der Waals surface area contributed by atoms with E-state index in [0.29, 0.717) is 15.6 Å². The normalized spacial score (nSPS) is 15.6. The summed E-state index contributed by atoms with van der Waals surface area (Å²) in [5, 5.41) is 14.0. The van der Waals surface area contributed by atoms with Crippen molar-refractivity contribution in [3.63, 3.8) is 0 Å². The number of methoxy groups -OCH3 is 1. The molecule has 0 radical (unpaired) electrons. The Morgan fingerprint density at radius 2 is 1.86 bits per heavy atom. The van der Waals surface area contributed by atoms with Crippen molar-refractivity contribution in [2.45, 2.75) is 4.90 Å². The van der Waals surface area contributed by atoms with Gasteiger partial charge in [0.1, 0.15) is 4.90 Å². The number of ether oxygens (including phenoxy) is 1. The molecule has 0 saturated carbocycles. The first-order chi connectivity index (χ1) is 17.6. The second kappa shape index (κ2) is 11.2. The summed E-state index contributed by atoms with van der Waals surface area (Å²) in [5.74, 6) is -0.360. The first-order valence-corrected chi connectivity index (χ1v) is 14.3. The maximum Gasteiger partial charge on any atom is 0.339 e. The van der Waals surface area contributed by atoms with Gasteiger partial charge in [0.05, 0.1) is 27.1 Å². The van der Waals surface area contributed by atoms with E-state index in [9.17, 15) is 23.3 Å². The molecule has 0 bridgehead atoms. The predicted octanol–water partition coefficient (Wildman–Crippen LogP) is 5.63. The number of nitro benzene ring substituents is 1. The number of carbonyl (C=O) groups is 1. The number of amidine groups is 1. The van der Waals surface area contributed by atoms with E-state index in [4.69, 9.17) is 8.92 Å². The molecule has 3 aromatic carbocycles. The fourth-order valence-corrected chi connectivity index (χ4v) is 6.03. The molecule has 10 nitrogen and oxygen atoms in total. The highest BCUT2D eigenvalue weighted by atomic mass is 127. The molecule has 0 aromatic heterocycles. The SMILES string of the molecule is COc1cc(/C=C2/SC(=Nc3ccccc3I)NC2=O)cc(Br)c1OS(=O)(=O)c1ccc([N+](=O)[O-])cc1. The van der Waals surface area contributed by atoms with Crippen LogP contribution in [0, 0.1) is 13.7 Å². The number of hydrogen-bond donors (Lipinski definition) is 1. The van der Waals surface area contributed by atoms with E-state index in [1.54, 1.807) is 12.1 Å². The van der Waals surface area contributed by atoms with Crippen molar-refractivity contribution in [1.82, 2.24) is 5.32 Å². The molecule has 3 aromatic rings. The van der Waals surface area contributed by atoms with E-state index in [2.05, 4.69) is 48.8 Å². The molecule has 37 heavy (non-hydrogen) atoms. The van der Waals surface area contributed by atoms with Crippen molar-refractivity contribution in [2.24, 2.45) is 4.99 Å². The number of amides is 1. The lowest BCUT2D eigenvalue weighted by Crippen LogP contribution is -2.19. The van der Waals surface area contributed by atoms with Crippen LogP contribution in [0.1, 0.15) is 5.56 Å². The molecular formula is C23H15BrIN3O7S2. The molecule has 0 aliphatic carbocycles. The Morgan fingerprint density at radius 1 is 1.16 bits per heavy atom. The molecule has 1 aliphatic heterocycles. The number of hydrogen-bond acceptors (Lipinski definition) is 9. The van der Waals surface area contributed by atoms with Crippen molar-refractivity contribution in [2.75, 3.05) is 7.11 Å². The van der Waals surface area contributed by atoms with Gasteiger partial charge in [0.15, 0.2) is 16.7 Å². The van der Waals surface area contributed by atoms with Gasteiger partial charge >= 0.3 is 10.1 Å². The number of nitrogens with one attached hydrogen (secondary N) is 1. The van der Waals surface area contributed by atoms with Crippen LogP contribution in [0.3, 0.4) is 0 Å². The average molecular weight is 716 g/mol. The summed E-state index contributed by atoms with van der Waals surface area (Å²) in [7, 11) is -2.99. The van der Waals surface area contributed by atoms with Gasteiger partial charge in [-0.05, 0) is 98.3 Å². The molecule has 0 atom stereocenters. The highest BCUT2D eigenvalue weighted by Gasteiger charge is 2.26. The van der Waals surface area contributed by atoms with Crippen molar-refractivity contribution < 1.29 is 27.1 Å². The Balaban J connectivity index is 1.60. The molecule has 4 rings (SSSR count). The number of rotatable bonds is 7. The molecule has 1 N–H and O–H groups in total. The summed E-state index contributed by atoms with van der Waals surface area (Å²) in [4.78, 5) is 27.3. The quantitative estimate of drug-likeness (QED) is 0.109. The number of thioether (sulfide) groups is 1. The van der Waals surface area contributed by atoms with Crippen LogP contribution in [0.15, 0.2) is 79.9 Å². The Labute approximate surface area is 237 Å². The lowest BCUT2D eigenvalue weighted by molar-refractivity contribution is -0.384. The molecule has 0 spiro atoms. The van der Waals surface area contributed by atoms with Crippen LogP contribution in [0.25, 0.3) is 6.08 Å². The zero-order chi connectivity index (χ0) is 26.7. The molecular weight excluding hydrogens is 701 g/mol. The number of nitrogens with zero attached hydrogens (tertiary/aromatic N) is 2. The molecule has 1 aliphatic rings. The van der Waals surface area contributed by atoms with Crippen LogP contribution >= 0.6 is 50.3 Å². The van der Waals surface area contributed by atoms with Gasteiger partial charge in [-0.1, -0.05) is 12.1 Å². The fourth-order valence-electron chi connectivity index (χ4n) is 3.08. The number of nitro groups is 1. The minimum atomic E-state index is -4.33. The number of carbonyl (C=O) groups excluding carboxylic acids is 1. The van der Waals surface area contributed by atoms with Gasteiger partial charge < -0.3 is 14.2 Å². The zero-order valence-electron chi connectivity index (χ0n) is 18.7. The highest BCUT2D eigenvalue weighted by Crippen LogP contribution is 2.40. The smallest absolute Gasteiger partial charge is 0.339 e. The van der Waals surface area contributed by atoms with Crippen LogP contribution in [-0.2, 0) is 14.9 Å². The number of benzene rings is 3. The number of para-hydroxylation sites is 1. The van der Waals surface area contributed by atoms with Gasteiger partial charge in [0, 0.05) is 15.7 Å². The number of aliphatic imine (C=N–C) groups is 1. The third kappa shape index (κ3) is 6.31. The average Bonchev–Trinajstić information content (AvgIpc) is 3.20. The lowest BCUT2D eigenvalue weighted by atomic mass is 10.2. The zero-order valence-corrected chi connectivity index (χ0v) is 24.1. The molecule has 1 saturated heterocycles.